The fourth-order valence-electron chi connectivity index (χ4n) is 1.53. The first-order valence-corrected chi connectivity index (χ1v) is 5.49. The molecule has 0 saturated carbocycles. The molecule has 2 N–H and O–H groups in total. The molecule has 0 fully saturated rings. The van der Waals surface area contributed by atoms with E-state index in [-0.39, 0.29) is 24.6 Å². The first-order chi connectivity index (χ1) is 9.15. The predicted molar refractivity (Wildman–Crippen MR) is 65.0 cm³/mol. The van der Waals surface area contributed by atoms with E-state index in [2.05, 4.69) is 20.5 Å². The molecule has 0 aliphatic rings. The summed E-state index contributed by atoms with van der Waals surface area (Å²) in [5.41, 5.74) is 0.560. The number of benzene rings is 1. The fourth-order valence-corrected chi connectivity index (χ4v) is 1.53. The number of aromatic amines is 1. The number of nitro groups is 1. The zero-order valence-corrected chi connectivity index (χ0v) is 9.87. The van der Waals surface area contributed by atoms with Gasteiger partial charge in [-0.1, -0.05) is 12.1 Å². The second kappa shape index (κ2) is 5.71. The maximum atomic E-state index is 11.6. The first-order valence-electron chi connectivity index (χ1n) is 5.49. The molecule has 2 aromatic rings. The quantitative estimate of drug-likeness (QED) is 0.603. The summed E-state index contributed by atoms with van der Waals surface area (Å²) in [5, 5.41) is 19.5. The van der Waals surface area contributed by atoms with Gasteiger partial charge in [0.25, 0.3) is 5.69 Å². The van der Waals surface area contributed by atoms with Gasteiger partial charge in [0.15, 0.2) is 0 Å². The number of aromatic nitrogens is 3. The minimum absolute atomic E-state index is 0.0273. The average molecular weight is 261 g/mol. The highest BCUT2D eigenvalue weighted by Crippen LogP contribution is 2.13. The van der Waals surface area contributed by atoms with Crippen LogP contribution >= 0.6 is 0 Å². The van der Waals surface area contributed by atoms with E-state index in [0.29, 0.717) is 11.4 Å². The molecule has 2 rings (SSSR count). The van der Waals surface area contributed by atoms with Crippen molar-refractivity contribution in [3.8, 4) is 0 Å². The van der Waals surface area contributed by atoms with Crippen molar-refractivity contribution in [2.45, 2.75) is 13.0 Å². The Morgan fingerprint density at radius 1 is 1.47 bits per heavy atom. The number of carbonyl (C=O) groups is 1. The molecule has 0 saturated heterocycles. The predicted octanol–water partition coefficient (Wildman–Crippen LogP) is 0.572. The topological polar surface area (TPSA) is 114 Å². The number of hydrogen-bond acceptors (Lipinski definition) is 5. The van der Waals surface area contributed by atoms with Crippen molar-refractivity contribution in [1.29, 1.82) is 0 Å². The van der Waals surface area contributed by atoms with Crippen LogP contribution in [0.3, 0.4) is 0 Å². The van der Waals surface area contributed by atoms with Gasteiger partial charge in [-0.3, -0.25) is 20.0 Å². The van der Waals surface area contributed by atoms with E-state index >= 15 is 0 Å². The van der Waals surface area contributed by atoms with Gasteiger partial charge in [0.1, 0.15) is 12.2 Å². The number of non-ortho nitro benzene ring substituents is 1. The van der Waals surface area contributed by atoms with Gasteiger partial charge in [0, 0.05) is 12.1 Å². The molecule has 0 bridgehead atoms. The number of rotatable bonds is 5. The van der Waals surface area contributed by atoms with Gasteiger partial charge < -0.3 is 5.32 Å². The summed E-state index contributed by atoms with van der Waals surface area (Å²) in [6.45, 7) is 0.244. The Bertz CT molecular complexity index is 582. The third-order valence-electron chi connectivity index (χ3n) is 2.40. The van der Waals surface area contributed by atoms with Gasteiger partial charge in [0.05, 0.1) is 17.9 Å². The van der Waals surface area contributed by atoms with Crippen LogP contribution in [0.1, 0.15) is 11.4 Å². The normalized spacial score (nSPS) is 10.1. The molecule has 1 amide bonds. The fraction of sp³-hybridized carbons (Fsp3) is 0.182. The van der Waals surface area contributed by atoms with Crippen molar-refractivity contribution in [2.75, 3.05) is 0 Å². The number of nitro benzene ring substituents is 1. The van der Waals surface area contributed by atoms with Crippen molar-refractivity contribution in [1.82, 2.24) is 20.5 Å². The molecule has 98 valence electrons. The largest absolute Gasteiger partial charge is 0.349 e. The Hall–Kier alpha value is -2.77. The lowest BCUT2D eigenvalue weighted by molar-refractivity contribution is -0.384. The lowest BCUT2D eigenvalue weighted by Gasteiger charge is -2.03. The molecule has 0 aliphatic heterocycles. The minimum Gasteiger partial charge on any atom is -0.349 e. The van der Waals surface area contributed by atoms with Crippen LogP contribution < -0.4 is 5.32 Å². The molecule has 1 heterocycles. The number of nitrogens with zero attached hydrogens (tertiary/aromatic N) is 3. The molecule has 0 unspecified atom stereocenters. The first kappa shape index (κ1) is 12.7. The van der Waals surface area contributed by atoms with E-state index in [4.69, 9.17) is 0 Å². The number of carbonyl (C=O) groups excluding carboxylic acids is 1. The molecular formula is C11H11N5O3. The molecule has 19 heavy (non-hydrogen) atoms. The van der Waals surface area contributed by atoms with Gasteiger partial charge in [-0.2, -0.15) is 5.10 Å². The van der Waals surface area contributed by atoms with Gasteiger partial charge >= 0.3 is 0 Å². The monoisotopic (exact) mass is 261 g/mol. The second-order valence-electron chi connectivity index (χ2n) is 3.81. The Labute approximate surface area is 108 Å². The maximum absolute atomic E-state index is 11.6. The number of amides is 1. The van der Waals surface area contributed by atoms with Crippen molar-refractivity contribution in [3.05, 3.63) is 52.1 Å². The Balaban J connectivity index is 1.91. The van der Waals surface area contributed by atoms with Crippen LogP contribution in [0.5, 0.6) is 0 Å². The summed E-state index contributed by atoms with van der Waals surface area (Å²) >= 11 is 0. The van der Waals surface area contributed by atoms with Crippen molar-refractivity contribution < 1.29 is 9.72 Å². The van der Waals surface area contributed by atoms with Crippen LogP contribution in [-0.4, -0.2) is 26.0 Å². The molecule has 0 atom stereocenters. The summed E-state index contributed by atoms with van der Waals surface area (Å²) in [5.74, 6) is 0.310. The SMILES string of the molecule is O=C(Cc1cccc([N+](=O)[O-])c1)NCc1ncn[nH]1. The highest BCUT2D eigenvalue weighted by molar-refractivity contribution is 5.78. The summed E-state index contributed by atoms with van der Waals surface area (Å²) < 4.78 is 0. The lowest BCUT2D eigenvalue weighted by atomic mass is 10.1. The Morgan fingerprint density at radius 2 is 2.32 bits per heavy atom. The van der Waals surface area contributed by atoms with Gasteiger partial charge in [-0.05, 0) is 5.56 Å². The van der Waals surface area contributed by atoms with Crippen LogP contribution in [0.2, 0.25) is 0 Å². The molecule has 0 aliphatic carbocycles. The summed E-state index contributed by atoms with van der Waals surface area (Å²) in [4.78, 5) is 25.6. The van der Waals surface area contributed by atoms with Crippen molar-refractivity contribution >= 4 is 11.6 Å². The number of hydrogen-bond donors (Lipinski definition) is 2. The molecule has 1 aromatic heterocycles. The zero-order chi connectivity index (χ0) is 13.7. The van der Waals surface area contributed by atoms with E-state index in [1.807, 2.05) is 0 Å². The Morgan fingerprint density at radius 3 is 3.00 bits per heavy atom. The second-order valence-corrected chi connectivity index (χ2v) is 3.81. The molecule has 0 spiro atoms. The van der Waals surface area contributed by atoms with E-state index < -0.39 is 4.92 Å². The standard InChI is InChI=1S/C11H11N5O3/c17-11(12-6-10-13-7-14-15-10)5-8-2-1-3-9(4-8)16(18)19/h1-4,7H,5-6H2,(H,12,17)(H,13,14,15). The van der Waals surface area contributed by atoms with E-state index in [0.717, 1.165) is 0 Å². The minimum atomic E-state index is -0.490. The smallest absolute Gasteiger partial charge is 0.269 e. The van der Waals surface area contributed by atoms with E-state index in [9.17, 15) is 14.9 Å². The third kappa shape index (κ3) is 3.60. The molecule has 8 nitrogen and oxygen atoms in total. The van der Waals surface area contributed by atoms with Crippen LogP contribution in [0.25, 0.3) is 0 Å². The summed E-state index contributed by atoms with van der Waals surface area (Å²) in [6, 6.07) is 5.99. The summed E-state index contributed by atoms with van der Waals surface area (Å²) in [7, 11) is 0. The van der Waals surface area contributed by atoms with Crippen molar-refractivity contribution in [3.63, 3.8) is 0 Å². The van der Waals surface area contributed by atoms with E-state index in [1.165, 1.54) is 18.5 Å². The summed E-state index contributed by atoms with van der Waals surface area (Å²) in [6.07, 6.45) is 1.43. The zero-order valence-electron chi connectivity index (χ0n) is 9.87. The highest BCUT2D eigenvalue weighted by Gasteiger charge is 2.09. The lowest BCUT2D eigenvalue weighted by Crippen LogP contribution is -2.25. The Kier molecular flexibility index (Phi) is 3.81. The molecule has 1 aromatic carbocycles. The third-order valence-corrected chi connectivity index (χ3v) is 2.40. The highest BCUT2D eigenvalue weighted by atomic mass is 16.6. The van der Waals surface area contributed by atoms with Gasteiger partial charge in [-0.25, -0.2) is 4.98 Å². The maximum Gasteiger partial charge on any atom is 0.269 e. The molecular weight excluding hydrogens is 250 g/mol. The number of H-pyrrole nitrogens is 1. The van der Waals surface area contributed by atoms with Crippen LogP contribution in [0.15, 0.2) is 30.6 Å². The molecule has 8 heteroatoms. The average Bonchev–Trinajstić information content (AvgIpc) is 2.90. The van der Waals surface area contributed by atoms with E-state index in [1.54, 1.807) is 12.1 Å². The molecule has 0 radical (unpaired) electrons. The van der Waals surface area contributed by atoms with Gasteiger partial charge in [0.2, 0.25) is 5.91 Å². The van der Waals surface area contributed by atoms with Crippen LogP contribution in [-0.2, 0) is 17.8 Å². The van der Waals surface area contributed by atoms with Gasteiger partial charge in [-0.15, -0.1) is 0 Å². The van der Waals surface area contributed by atoms with Crippen LogP contribution in [0, 0.1) is 10.1 Å². The van der Waals surface area contributed by atoms with Crippen LogP contribution in [0.4, 0.5) is 5.69 Å². The number of nitrogens with one attached hydrogen (secondary N) is 2. The van der Waals surface area contributed by atoms with Crippen molar-refractivity contribution in [2.24, 2.45) is 0 Å².